The minimum atomic E-state index is -0.298. The topological polar surface area (TPSA) is 61.8 Å². The van der Waals surface area contributed by atoms with Crippen LogP contribution < -0.4 is 0 Å². The van der Waals surface area contributed by atoms with Crippen molar-refractivity contribution in [3.63, 3.8) is 0 Å². The molecule has 0 unspecified atom stereocenters. The normalized spacial score (nSPS) is 46.6. The second-order valence-electron chi connectivity index (χ2n) is 12.3. The molecular weight excluding hydrogens is 382 g/mol. The van der Waals surface area contributed by atoms with Gasteiger partial charge in [0.2, 0.25) is 0 Å². The number of nitriles is 1. The van der Waals surface area contributed by atoms with E-state index in [4.69, 9.17) is 5.26 Å². The number of aryl methyl sites for hydroxylation is 1. The summed E-state index contributed by atoms with van der Waals surface area (Å²) in [6, 6.07) is 2.20. The minimum Gasteiger partial charge on any atom is -0.390 e. The Balaban J connectivity index is 1.13. The van der Waals surface area contributed by atoms with Crippen LogP contribution in [0.5, 0.6) is 0 Å². The Kier molecular flexibility index (Phi) is 4.80. The third-order valence-corrected chi connectivity index (χ3v) is 11.0. The number of rotatable bonds is 4. The lowest BCUT2D eigenvalue weighted by Gasteiger charge is -2.57. The van der Waals surface area contributed by atoms with Crippen LogP contribution in [-0.4, -0.2) is 20.5 Å². The summed E-state index contributed by atoms with van der Waals surface area (Å²) in [6.45, 7) is 3.57. The number of nitrogens with zero attached hydrogens (tertiary/aromatic N) is 3. The number of hydrogen-bond donors (Lipinski definition) is 1. The first-order valence-corrected chi connectivity index (χ1v) is 13.1. The first-order valence-electron chi connectivity index (χ1n) is 13.1. The lowest BCUT2D eigenvalue weighted by Crippen LogP contribution is -2.51. The molecule has 0 saturated heterocycles. The van der Waals surface area contributed by atoms with Gasteiger partial charge in [0.1, 0.15) is 6.07 Å². The van der Waals surface area contributed by atoms with E-state index in [1.807, 2.05) is 10.9 Å². The van der Waals surface area contributed by atoms with Gasteiger partial charge < -0.3 is 5.11 Å². The standard InChI is InChI=1S/C27H39N3O/c1-26-11-8-23-22-9-12-27(31,21-3-4-21)14-19(22)2-6-24(23)25(26)7-5-20(26)10-13-30-17-18(15-28)16-29-30/h16-17,19-25,31H,2-14H2,1H3/t19-,20-,22+,23-,24-,25+,26-,27-/m1/s1. The summed E-state index contributed by atoms with van der Waals surface area (Å²) < 4.78 is 1.98. The van der Waals surface area contributed by atoms with Gasteiger partial charge in [0.15, 0.2) is 0 Å². The zero-order valence-electron chi connectivity index (χ0n) is 19.2. The van der Waals surface area contributed by atoms with Crippen LogP contribution in [0.15, 0.2) is 12.4 Å². The van der Waals surface area contributed by atoms with E-state index in [1.54, 1.807) is 6.20 Å². The van der Waals surface area contributed by atoms with Crippen LogP contribution >= 0.6 is 0 Å². The van der Waals surface area contributed by atoms with E-state index in [-0.39, 0.29) is 5.60 Å². The predicted molar refractivity (Wildman–Crippen MR) is 120 cm³/mol. The molecule has 6 rings (SSSR count). The maximum atomic E-state index is 11.2. The molecular formula is C27H39N3O. The molecule has 8 atom stereocenters. The van der Waals surface area contributed by atoms with Crippen LogP contribution in [0.1, 0.15) is 89.5 Å². The fraction of sp³-hybridized carbons (Fsp3) is 0.852. The van der Waals surface area contributed by atoms with Crippen molar-refractivity contribution in [2.45, 2.75) is 96.1 Å². The zero-order valence-corrected chi connectivity index (χ0v) is 19.2. The van der Waals surface area contributed by atoms with Crippen LogP contribution in [0.2, 0.25) is 0 Å². The van der Waals surface area contributed by atoms with Crippen LogP contribution in [0.4, 0.5) is 0 Å². The van der Waals surface area contributed by atoms with Gasteiger partial charge in [0, 0.05) is 12.7 Å². The van der Waals surface area contributed by atoms with E-state index >= 15 is 0 Å². The van der Waals surface area contributed by atoms with Crippen molar-refractivity contribution in [3.8, 4) is 6.07 Å². The molecule has 0 spiro atoms. The van der Waals surface area contributed by atoms with Gasteiger partial charge in [-0.25, -0.2) is 0 Å². The van der Waals surface area contributed by atoms with Crippen LogP contribution in [0.3, 0.4) is 0 Å². The SMILES string of the molecule is C[C@]12CC[C@H]3[C@@H](CC[C@@H]4C[C@@](O)(C5CC5)CC[C@@H]43)[C@@H]1CC[C@@H]2CCn1cc(C#N)cn1. The van der Waals surface area contributed by atoms with Crippen LogP contribution in [-0.2, 0) is 6.54 Å². The molecule has 1 aromatic rings. The Morgan fingerprint density at radius 2 is 1.90 bits per heavy atom. The number of aliphatic hydroxyl groups is 1. The van der Waals surface area contributed by atoms with Gasteiger partial charge in [-0.3, -0.25) is 4.68 Å². The van der Waals surface area contributed by atoms with Gasteiger partial charge in [0.25, 0.3) is 0 Å². The number of hydrogen-bond acceptors (Lipinski definition) is 3. The first kappa shape index (κ1) is 20.3. The van der Waals surface area contributed by atoms with Crippen LogP contribution in [0, 0.1) is 58.2 Å². The molecule has 0 radical (unpaired) electrons. The fourth-order valence-corrected chi connectivity index (χ4v) is 9.32. The molecule has 5 aliphatic rings. The van der Waals surface area contributed by atoms with Gasteiger partial charge >= 0.3 is 0 Å². The van der Waals surface area contributed by atoms with Gasteiger partial charge in [-0.2, -0.15) is 10.4 Å². The summed E-state index contributed by atoms with van der Waals surface area (Å²) in [7, 11) is 0. The monoisotopic (exact) mass is 421 g/mol. The molecule has 1 aromatic heterocycles. The average Bonchev–Trinajstić information content (AvgIpc) is 3.45. The quantitative estimate of drug-likeness (QED) is 0.693. The second-order valence-corrected chi connectivity index (χ2v) is 12.3. The zero-order chi connectivity index (χ0) is 21.2. The van der Waals surface area contributed by atoms with Gasteiger partial charge in [-0.1, -0.05) is 6.92 Å². The number of aromatic nitrogens is 2. The van der Waals surface area contributed by atoms with Gasteiger partial charge in [-0.15, -0.1) is 0 Å². The van der Waals surface area contributed by atoms with E-state index < -0.39 is 0 Å². The molecule has 1 heterocycles. The maximum Gasteiger partial charge on any atom is 0.102 e. The van der Waals surface area contributed by atoms with Crippen molar-refractivity contribution in [2.24, 2.45) is 46.8 Å². The fourth-order valence-electron chi connectivity index (χ4n) is 9.32. The van der Waals surface area contributed by atoms with Gasteiger partial charge in [-0.05, 0) is 124 Å². The highest BCUT2D eigenvalue weighted by Gasteiger charge is 2.58. The maximum absolute atomic E-state index is 11.2. The van der Waals surface area contributed by atoms with Crippen molar-refractivity contribution in [1.29, 1.82) is 5.26 Å². The smallest absolute Gasteiger partial charge is 0.102 e. The summed E-state index contributed by atoms with van der Waals surface area (Å²) in [5, 5.41) is 24.7. The van der Waals surface area contributed by atoms with Crippen LogP contribution in [0.25, 0.3) is 0 Å². The van der Waals surface area contributed by atoms with Gasteiger partial charge in [0.05, 0.1) is 17.4 Å². The lowest BCUT2D eigenvalue weighted by atomic mass is 9.48. The lowest BCUT2D eigenvalue weighted by molar-refractivity contribution is -0.113. The molecule has 0 amide bonds. The molecule has 1 N–H and O–H groups in total. The van der Waals surface area contributed by atoms with Crippen molar-refractivity contribution in [2.75, 3.05) is 0 Å². The minimum absolute atomic E-state index is 0.298. The summed E-state index contributed by atoms with van der Waals surface area (Å²) in [5.74, 6) is 5.92. The molecule has 4 heteroatoms. The van der Waals surface area contributed by atoms with E-state index in [1.165, 1.54) is 64.2 Å². The molecule has 5 saturated carbocycles. The number of fused-ring (bicyclic) bond motifs is 5. The van der Waals surface area contributed by atoms with Crippen molar-refractivity contribution < 1.29 is 5.11 Å². The van der Waals surface area contributed by atoms with E-state index in [0.717, 1.165) is 54.9 Å². The Morgan fingerprint density at radius 1 is 1.06 bits per heavy atom. The first-order chi connectivity index (χ1) is 15.0. The average molecular weight is 422 g/mol. The Labute approximate surface area is 187 Å². The molecule has 0 aromatic carbocycles. The van der Waals surface area contributed by atoms with E-state index in [9.17, 15) is 5.11 Å². The second kappa shape index (κ2) is 7.34. The summed E-state index contributed by atoms with van der Waals surface area (Å²) >= 11 is 0. The van der Waals surface area contributed by atoms with Crippen molar-refractivity contribution in [3.05, 3.63) is 18.0 Å². The third kappa shape index (κ3) is 3.29. The highest BCUT2D eigenvalue weighted by atomic mass is 16.3. The summed E-state index contributed by atoms with van der Waals surface area (Å²) in [6.07, 6.45) is 19.3. The highest BCUT2D eigenvalue weighted by Crippen LogP contribution is 2.65. The summed E-state index contributed by atoms with van der Waals surface area (Å²) in [5.41, 5.74) is 0.879. The Bertz CT molecular complexity index is 868. The molecule has 0 bridgehead atoms. The van der Waals surface area contributed by atoms with Crippen molar-refractivity contribution in [1.82, 2.24) is 9.78 Å². The third-order valence-electron chi connectivity index (χ3n) is 11.0. The van der Waals surface area contributed by atoms with E-state index in [0.29, 0.717) is 16.9 Å². The molecule has 5 aliphatic carbocycles. The molecule has 4 nitrogen and oxygen atoms in total. The summed E-state index contributed by atoms with van der Waals surface area (Å²) in [4.78, 5) is 0. The molecule has 5 fully saturated rings. The predicted octanol–water partition coefficient (Wildman–Crippen LogP) is 5.55. The highest BCUT2D eigenvalue weighted by molar-refractivity contribution is 5.21. The molecule has 168 valence electrons. The largest absolute Gasteiger partial charge is 0.390 e. The van der Waals surface area contributed by atoms with Crippen molar-refractivity contribution >= 4 is 0 Å². The Morgan fingerprint density at radius 3 is 2.68 bits per heavy atom. The Hall–Kier alpha value is -1.34. The van der Waals surface area contributed by atoms with E-state index in [2.05, 4.69) is 18.1 Å². The molecule has 31 heavy (non-hydrogen) atoms. The molecule has 0 aliphatic heterocycles.